The van der Waals surface area contributed by atoms with E-state index in [2.05, 4.69) is 21.7 Å². The fourth-order valence-corrected chi connectivity index (χ4v) is 4.05. The molecule has 0 bridgehead atoms. The molecular formula is C26H28N4O3. The van der Waals surface area contributed by atoms with E-state index >= 15 is 0 Å². The highest BCUT2D eigenvalue weighted by atomic mass is 16.5. The van der Waals surface area contributed by atoms with Crippen molar-refractivity contribution in [3.63, 3.8) is 0 Å². The average Bonchev–Trinajstić information content (AvgIpc) is 2.84. The van der Waals surface area contributed by atoms with Gasteiger partial charge in [0.05, 0.1) is 0 Å². The summed E-state index contributed by atoms with van der Waals surface area (Å²) in [4.78, 5) is 28.8. The Morgan fingerprint density at radius 2 is 1.85 bits per heavy atom. The van der Waals surface area contributed by atoms with Crippen LogP contribution in [0.4, 0.5) is 5.69 Å². The number of ether oxygens (including phenoxy) is 1. The highest BCUT2D eigenvalue weighted by Gasteiger charge is 2.25. The number of aryl methyl sites for hydroxylation is 1. The van der Waals surface area contributed by atoms with Crippen LogP contribution in [0.5, 0.6) is 11.5 Å². The highest BCUT2D eigenvalue weighted by Crippen LogP contribution is 2.31. The average molecular weight is 445 g/mol. The third-order valence-electron chi connectivity index (χ3n) is 5.86. The number of anilines is 1. The van der Waals surface area contributed by atoms with Gasteiger partial charge in [0.15, 0.2) is 0 Å². The maximum atomic E-state index is 12.9. The maximum absolute atomic E-state index is 12.9. The minimum Gasteiger partial charge on any atom is -0.457 e. The van der Waals surface area contributed by atoms with Crippen molar-refractivity contribution in [2.24, 2.45) is 11.7 Å². The van der Waals surface area contributed by atoms with Gasteiger partial charge in [-0.25, -0.2) is 0 Å². The summed E-state index contributed by atoms with van der Waals surface area (Å²) in [6, 6.07) is 17.1. The van der Waals surface area contributed by atoms with Gasteiger partial charge in [-0.05, 0) is 79.3 Å². The van der Waals surface area contributed by atoms with Gasteiger partial charge in [0.1, 0.15) is 17.2 Å². The molecule has 0 spiro atoms. The number of fused-ring (bicyclic) bond motifs is 1. The molecule has 7 heteroatoms. The minimum atomic E-state index is -0.270. The first-order valence-electron chi connectivity index (χ1n) is 11.1. The van der Waals surface area contributed by atoms with Crippen LogP contribution in [0.1, 0.15) is 33.6 Å². The van der Waals surface area contributed by atoms with E-state index in [1.54, 1.807) is 25.4 Å². The number of carbonyl (C=O) groups excluding carboxylic acids is 2. The van der Waals surface area contributed by atoms with Crippen LogP contribution in [0.15, 0.2) is 60.8 Å². The lowest BCUT2D eigenvalue weighted by molar-refractivity contribution is -0.120. The van der Waals surface area contributed by atoms with Crippen LogP contribution in [-0.2, 0) is 24.1 Å². The van der Waals surface area contributed by atoms with E-state index in [1.165, 1.54) is 5.56 Å². The van der Waals surface area contributed by atoms with Crippen molar-refractivity contribution in [1.82, 2.24) is 10.3 Å². The molecule has 1 aliphatic carbocycles. The lowest BCUT2D eigenvalue weighted by atomic mass is 9.83. The van der Waals surface area contributed by atoms with Gasteiger partial charge in [-0.3, -0.25) is 14.6 Å². The number of hydrogen-bond acceptors (Lipinski definition) is 5. The third kappa shape index (κ3) is 5.56. The van der Waals surface area contributed by atoms with Gasteiger partial charge in [-0.2, -0.15) is 0 Å². The van der Waals surface area contributed by atoms with Crippen molar-refractivity contribution >= 4 is 17.5 Å². The molecular weight excluding hydrogens is 416 g/mol. The van der Waals surface area contributed by atoms with E-state index in [1.807, 2.05) is 36.4 Å². The molecule has 0 radical (unpaired) electrons. The van der Waals surface area contributed by atoms with Crippen molar-refractivity contribution in [1.29, 1.82) is 0 Å². The van der Waals surface area contributed by atoms with Gasteiger partial charge >= 0.3 is 0 Å². The zero-order valence-electron chi connectivity index (χ0n) is 18.6. The molecule has 3 aromatic rings. The van der Waals surface area contributed by atoms with Gasteiger partial charge in [-0.1, -0.05) is 18.2 Å². The molecule has 1 aliphatic rings. The lowest BCUT2D eigenvalue weighted by Gasteiger charge is -2.24. The summed E-state index contributed by atoms with van der Waals surface area (Å²) in [5.41, 5.74) is 10.2. The van der Waals surface area contributed by atoms with Crippen molar-refractivity contribution < 1.29 is 14.3 Å². The Hall–Kier alpha value is -3.71. The second-order valence-electron chi connectivity index (χ2n) is 8.15. The first-order valence-corrected chi connectivity index (χ1v) is 11.1. The number of nitrogens with zero attached hydrogens (tertiary/aromatic N) is 1. The monoisotopic (exact) mass is 444 g/mol. The molecule has 1 unspecified atom stereocenters. The molecule has 1 heterocycles. The summed E-state index contributed by atoms with van der Waals surface area (Å²) in [5, 5.41) is 5.60. The number of nitrogens with one attached hydrogen (secondary N) is 2. The quantitative estimate of drug-likeness (QED) is 0.517. The summed E-state index contributed by atoms with van der Waals surface area (Å²) in [6.45, 7) is 0.606. The number of benzene rings is 2. The van der Waals surface area contributed by atoms with Gasteiger partial charge in [0, 0.05) is 30.9 Å². The Kier molecular flexibility index (Phi) is 7.00. The highest BCUT2D eigenvalue weighted by molar-refractivity contribution is 5.93. The molecule has 7 nitrogen and oxygen atoms in total. The van der Waals surface area contributed by atoms with E-state index < -0.39 is 0 Å². The smallest absolute Gasteiger partial charge is 0.269 e. The van der Waals surface area contributed by atoms with Crippen LogP contribution in [0, 0.1) is 5.92 Å². The number of amides is 2. The van der Waals surface area contributed by atoms with E-state index in [9.17, 15) is 9.59 Å². The first-order chi connectivity index (χ1) is 16.1. The second-order valence-corrected chi connectivity index (χ2v) is 8.15. The van der Waals surface area contributed by atoms with Crippen LogP contribution >= 0.6 is 0 Å². The molecule has 4 N–H and O–H groups in total. The Morgan fingerprint density at radius 3 is 2.61 bits per heavy atom. The van der Waals surface area contributed by atoms with E-state index in [-0.39, 0.29) is 17.7 Å². The minimum absolute atomic E-state index is 0.0305. The van der Waals surface area contributed by atoms with Gasteiger partial charge in [0.25, 0.3) is 5.91 Å². The number of hydrogen-bond donors (Lipinski definition) is 3. The lowest BCUT2D eigenvalue weighted by Crippen LogP contribution is -2.28. The molecule has 0 saturated carbocycles. The molecule has 1 aromatic heterocycles. The first kappa shape index (κ1) is 22.5. The SMILES string of the molecule is CNC(=O)c1cc(Oc2ccc3c(c2)CC(C(=O)Nc2ccc(CCN)cc2)CC3)ccn1. The van der Waals surface area contributed by atoms with Crippen molar-refractivity contribution in [3.05, 3.63) is 83.2 Å². The van der Waals surface area contributed by atoms with Crippen LogP contribution in [0.3, 0.4) is 0 Å². The molecule has 33 heavy (non-hydrogen) atoms. The summed E-state index contributed by atoms with van der Waals surface area (Å²) in [6.07, 6.45) is 4.68. The fraction of sp³-hybridized carbons (Fsp3) is 0.269. The Bertz CT molecular complexity index is 1140. The van der Waals surface area contributed by atoms with Crippen LogP contribution in [0.25, 0.3) is 0 Å². The van der Waals surface area contributed by atoms with Crippen LogP contribution < -0.4 is 21.1 Å². The summed E-state index contributed by atoms with van der Waals surface area (Å²) >= 11 is 0. The predicted molar refractivity (Wildman–Crippen MR) is 127 cm³/mol. The fourth-order valence-electron chi connectivity index (χ4n) is 4.05. The number of rotatable bonds is 7. The Morgan fingerprint density at radius 1 is 1.06 bits per heavy atom. The second kappa shape index (κ2) is 10.3. The van der Waals surface area contributed by atoms with Crippen molar-refractivity contribution in [2.75, 3.05) is 18.9 Å². The topological polar surface area (TPSA) is 106 Å². The van der Waals surface area contributed by atoms with Gasteiger partial charge in [0.2, 0.25) is 5.91 Å². The zero-order chi connectivity index (χ0) is 23.2. The van der Waals surface area contributed by atoms with Crippen molar-refractivity contribution in [2.45, 2.75) is 25.7 Å². The largest absolute Gasteiger partial charge is 0.457 e. The van der Waals surface area contributed by atoms with E-state index in [0.29, 0.717) is 30.2 Å². The molecule has 0 saturated heterocycles. The van der Waals surface area contributed by atoms with Crippen molar-refractivity contribution in [3.8, 4) is 11.5 Å². The number of pyridine rings is 1. The molecule has 2 aromatic carbocycles. The molecule has 1 atom stereocenters. The van der Waals surface area contributed by atoms with Gasteiger partial charge in [-0.15, -0.1) is 0 Å². The summed E-state index contributed by atoms with van der Waals surface area (Å²) < 4.78 is 5.97. The summed E-state index contributed by atoms with van der Waals surface area (Å²) in [7, 11) is 1.56. The molecule has 0 fully saturated rings. The molecule has 2 amide bonds. The third-order valence-corrected chi connectivity index (χ3v) is 5.86. The standard InChI is InChI=1S/C26H28N4O3/c1-28-26(32)24-16-23(11-13-29-24)33-22-9-6-18-4-5-19(14-20(18)15-22)25(31)30-21-7-2-17(3-8-21)10-12-27/h2-3,6-9,11,13,15-16,19H,4-5,10,12,14,27H2,1H3,(H,28,32)(H,30,31). The predicted octanol–water partition coefficient (Wildman–Crippen LogP) is 3.48. The molecule has 0 aliphatic heterocycles. The van der Waals surface area contributed by atoms with Crippen LogP contribution in [0.2, 0.25) is 0 Å². The van der Waals surface area contributed by atoms with E-state index in [0.717, 1.165) is 36.1 Å². The van der Waals surface area contributed by atoms with E-state index in [4.69, 9.17) is 10.5 Å². The summed E-state index contributed by atoms with van der Waals surface area (Å²) in [5.74, 6) is 0.861. The normalized spacial score (nSPS) is 14.8. The Labute approximate surface area is 193 Å². The zero-order valence-corrected chi connectivity index (χ0v) is 18.6. The number of carbonyl (C=O) groups is 2. The number of aromatic nitrogens is 1. The van der Waals surface area contributed by atoms with Gasteiger partial charge < -0.3 is 21.1 Å². The van der Waals surface area contributed by atoms with Crippen LogP contribution in [-0.4, -0.2) is 30.4 Å². The number of nitrogens with two attached hydrogens (primary N) is 1. The molecule has 170 valence electrons. The molecule has 4 rings (SSSR count). The maximum Gasteiger partial charge on any atom is 0.269 e. The Balaban J connectivity index is 1.42.